The van der Waals surface area contributed by atoms with E-state index in [0.29, 0.717) is 52.2 Å². The van der Waals surface area contributed by atoms with Crippen LogP contribution in [0.3, 0.4) is 0 Å². The number of fused-ring (bicyclic) bond motifs is 4. The molecule has 69 heavy (non-hydrogen) atoms. The van der Waals surface area contributed by atoms with Gasteiger partial charge in [-0.3, -0.25) is 29.3 Å². The first kappa shape index (κ1) is 47.1. The molecule has 5 saturated heterocycles. The second-order valence-corrected chi connectivity index (χ2v) is 23.8. The molecule has 7 fully saturated rings. The van der Waals surface area contributed by atoms with Crippen LogP contribution in [0.25, 0.3) is 33.4 Å². The molecule has 2 aliphatic carbocycles. The molecule has 0 radical (unpaired) electrons. The molecular weight excluding hydrogens is 895 g/mol. The van der Waals surface area contributed by atoms with E-state index in [0.717, 1.165) is 75.6 Å². The van der Waals surface area contributed by atoms with E-state index >= 15 is 4.79 Å². The Morgan fingerprint density at radius 3 is 2.57 bits per heavy atom. The van der Waals surface area contributed by atoms with Gasteiger partial charge in [0.2, 0.25) is 5.91 Å². The summed E-state index contributed by atoms with van der Waals surface area (Å²) in [4.78, 5) is 56.6. The van der Waals surface area contributed by atoms with Crippen LogP contribution in [0.2, 0.25) is 0 Å². The second kappa shape index (κ2) is 17.8. The molecule has 2 amide bonds. The minimum atomic E-state index is -0.947. The first-order chi connectivity index (χ1) is 33.0. The van der Waals surface area contributed by atoms with Crippen molar-refractivity contribution in [3.8, 4) is 22.5 Å². The van der Waals surface area contributed by atoms with Gasteiger partial charge in [-0.1, -0.05) is 33.8 Å². The maximum absolute atomic E-state index is 15.3. The quantitative estimate of drug-likeness (QED) is 0.159. The number of esters is 1. The Hall–Kier alpha value is -4.29. The van der Waals surface area contributed by atoms with E-state index in [1.54, 1.807) is 12.1 Å². The number of carbonyl (C=O) groups is 3. The molecule has 12 rings (SSSR count). The normalized spacial score (nSPS) is 31.8. The van der Waals surface area contributed by atoms with Crippen LogP contribution in [0.5, 0.6) is 0 Å². The van der Waals surface area contributed by atoms with Crippen molar-refractivity contribution in [3.05, 3.63) is 58.2 Å². The van der Waals surface area contributed by atoms with Gasteiger partial charge in [0.25, 0.3) is 5.91 Å². The molecule has 3 aromatic heterocycles. The fourth-order valence-corrected chi connectivity index (χ4v) is 13.3. The number of cyclic esters (lactones) is 1. The number of benzene rings is 1. The summed E-state index contributed by atoms with van der Waals surface area (Å²) < 4.78 is 33.1. The van der Waals surface area contributed by atoms with Crippen molar-refractivity contribution >= 4 is 40.0 Å². The molecule has 2 N–H and O–H groups in total. The fourth-order valence-electron chi connectivity index (χ4n) is 12.3. The summed E-state index contributed by atoms with van der Waals surface area (Å²) in [5.41, 5.74) is 9.39. The number of methoxy groups -OCH3 is 1. The van der Waals surface area contributed by atoms with Crippen LogP contribution >= 0.6 is 11.3 Å². The maximum atomic E-state index is 15.3. The van der Waals surface area contributed by atoms with E-state index in [1.807, 2.05) is 19.2 Å². The zero-order valence-electron chi connectivity index (χ0n) is 41.4. The van der Waals surface area contributed by atoms with Gasteiger partial charge in [0, 0.05) is 96.2 Å². The van der Waals surface area contributed by atoms with Crippen molar-refractivity contribution in [2.24, 2.45) is 34.5 Å². The van der Waals surface area contributed by atoms with Gasteiger partial charge in [-0.2, -0.15) is 0 Å². The molecule has 1 spiro atoms. The van der Waals surface area contributed by atoms with Gasteiger partial charge in [-0.05, 0) is 94.0 Å². The molecule has 6 aliphatic heterocycles. The molecule has 4 aromatic rings. The average molecular weight is 964 g/mol. The fraction of sp³-hybridized carbons (Fsp3) is 0.642. The Morgan fingerprint density at radius 1 is 1.07 bits per heavy atom. The summed E-state index contributed by atoms with van der Waals surface area (Å²) >= 11 is 1.53. The van der Waals surface area contributed by atoms with Gasteiger partial charge in [0.1, 0.15) is 17.1 Å². The van der Waals surface area contributed by atoms with E-state index in [9.17, 15) is 9.59 Å². The van der Waals surface area contributed by atoms with Crippen LogP contribution in [0.15, 0.2) is 41.9 Å². The van der Waals surface area contributed by atoms with Crippen LogP contribution in [-0.2, 0) is 51.0 Å². The second-order valence-electron chi connectivity index (χ2n) is 22.9. The van der Waals surface area contributed by atoms with Crippen LogP contribution in [0, 0.1) is 34.5 Å². The number of rotatable bonds is 10. The third kappa shape index (κ3) is 8.63. The van der Waals surface area contributed by atoms with Crippen molar-refractivity contribution < 1.29 is 38.1 Å². The summed E-state index contributed by atoms with van der Waals surface area (Å²) in [6.45, 7) is 19.5. The highest BCUT2D eigenvalue weighted by Gasteiger charge is 2.58. The SMILES string of the molecule is CO[C@@H](C)c1ncccc1-c1c2c3cc(ccc3n1CCO[C@H]1CCOC(C)(C)C1)-c1csc(n1)[C@@H](N1CC3(COC3)C1)[C@H](NC(=O)C1[C@@H](C)[C@H]1C)C(=O)N1N[C@H](C(=O)OCC(C)(C)C2)C2CC1C2. The van der Waals surface area contributed by atoms with Crippen molar-refractivity contribution in [2.45, 2.75) is 129 Å². The Bertz CT molecular complexity index is 2620. The number of ether oxygens (including phenoxy) is 5. The highest BCUT2D eigenvalue weighted by atomic mass is 32.1. The summed E-state index contributed by atoms with van der Waals surface area (Å²) in [7, 11) is 1.71. The number of amides is 2. The molecule has 2 saturated carbocycles. The van der Waals surface area contributed by atoms with Gasteiger partial charge < -0.3 is 33.6 Å². The molecule has 8 bridgehead atoms. The number of nitrogens with zero attached hydrogens (tertiary/aromatic N) is 5. The van der Waals surface area contributed by atoms with Crippen molar-refractivity contribution in [1.29, 1.82) is 0 Å². The van der Waals surface area contributed by atoms with Crippen LogP contribution in [0.1, 0.15) is 103 Å². The third-order valence-electron chi connectivity index (χ3n) is 16.7. The van der Waals surface area contributed by atoms with Crippen LogP contribution in [-0.4, -0.2) is 125 Å². The molecule has 8 aliphatic rings. The minimum Gasteiger partial charge on any atom is -0.464 e. The smallest absolute Gasteiger partial charge is 0.325 e. The van der Waals surface area contributed by atoms with Crippen molar-refractivity contribution in [3.63, 3.8) is 0 Å². The lowest BCUT2D eigenvalue weighted by molar-refractivity contribution is -0.204. The maximum Gasteiger partial charge on any atom is 0.325 e. The minimum absolute atomic E-state index is 0.0321. The predicted octanol–water partition coefficient (Wildman–Crippen LogP) is 6.89. The van der Waals surface area contributed by atoms with E-state index in [2.05, 4.69) is 91.4 Å². The van der Waals surface area contributed by atoms with E-state index in [4.69, 9.17) is 33.7 Å². The summed E-state index contributed by atoms with van der Waals surface area (Å²) in [6, 6.07) is 8.42. The topological polar surface area (TPSA) is 159 Å². The lowest BCUT2D eigenvalue weighted by Gasteiger charge is -2.58. The average Bonchev–Trinajstić information content (AvgIpc) is 3.55. The molecule has 9 heterocycles. The summed E-state index contributed by atoms with van der Waals surface area (Å²) in [6.07, 6.45) is 5.24. The monoisotopic (exact) mass is 963 g/mol. The third-order valence-corrected chi connectivity index (χ3v) is 17.6. The van der Waals surface area contributed by atoms with Gasteiger partial charge >= 0.3 is 5.97 Å². The largest absolute Gasteiger partial charge is 0.464 e. The predicted molar refractivity (Wildman–Crippen MR) is 261 cm³/mol. The summed E-state index contributed by atoms with van der Waals surface area (Å²) in [5, 5.41) is 8.89. The van der Waals surface area contributed by atoms with Crippen molar-refractivity contribution in [1.82, 2.24) is 35.2 Å². The lowest BCUT2D eigenvalue weighted by Crippen LogP contribution is -2.73. The number of pyridine rings is 1. The number of aromatic nitrogens is 3. The standard InChI is InChI=1S/C53H69N7O8S/c1-29-30(2)41(29)47(61)56-44-46(58-24-53(25-58)27-65-28-53)48-55-39(23-69-48)32-11-12-40-37(20-32)38(22-51(4,5)26-67-50(63)43-33-18-34(19-33)60(57-43)49(44)62)45(36-10-9-14-54-42(36)31(3)64-8)59(40)15-17-66-35-13-16-68-52(6,7)21-35/h9-12,14,20,23,29-31,33-35,41,43-44,46,57H,13,15-19,21-22,24-28H2,1-8H3,(H,56,61)/t29-,30+,31-,33?,34?,35-,41?,43-,44-,46-/m0/s1. The van der Waals surface area contributed by atoms with Gasteiger partial charge in [0.15, 0.2) is 0 Å². The van der Waals surface area contributed by atoms with Crippen LogP contribution < -0.4 is 10.7 Å². The molecule has 8 atom stereocenters. The van der Waals surface area contributed by atoms with E-state index in [-0.39, 0.29) is 77.3 Å². The molecule has 370 valence electrons. The number of thiazole rings is 1. The van der Waals surface area contributed by atoms with Crippen molar-refractivity contribution in [2.75, 3.05) is 53.2 Å². The zero-order chi connectivity index (χ0) is 48.1. The lowest BCUT2D eigenvalue weighted by atomic mass is 9.72. The number of hydrogen-bond donors (Lipinski definition) is 2. The van der Waals surface area contributed by atoms with Gasteiger partial charge in [-0.15, -0.1) is 11.3 Å². The number of hydrazine groups is 1. The molecular formula is C53H69N7O8S. The first-order valence-electron chi connectivity index (χ1n) is 25.3. The van der Waals surface area contributed by atoms with E-state index < -0.39 is 23.5 Å². The molecule has 1 unspecified atom stereocenters. The number of nitrogens with one attached hydrogen (secondary N) is 2. The highest BCUT2D eigenvalue weighted by Crippen LogP contribution is 2.49. The Balaban J connectivity index is 1.05. The van der Waals surface area contributed by atoms with E-state index in [1.165, 1.54) is 11.3 Å². The molecule has 1 aromatic carbocycles. The zero-order valence-corrected chi connectivity index (χ0v) is 42.2. The Kier molecular flexibility index (Phi) is 12.1. The molecule has 15 nitrogen and oxygen atoms in total. The Labute approximate surface area is 409 Å². The van der Waals surface area contributed by atoms with Gasteiger partial charge in [0.05, 0.1) is 67.4 Å². The highest BCUT2D eigenvalue weighted by molar-refractivity contribution is 7.10. The first-order valence-corrected chi connectivity index (χ1v) is 26.1. The molecule has 16 heteroatoms. The number of carbonyl (C=O) groups excluding carboxylic acids is 3. The number of hydrogen-bond acceptors (Lipinski definition) is 13. The Morgan fingerprint density at radius 2 is 1.86 bits per heavy atom. The van der Waals surface area contributed by atoms with Crippen LogP contribution in [0.4, 0.5) is 0 Å². The number of likely N-dealkylation sites (tertiary alicyclic amines) is 1. The van der Waals surface area contributed by atoms with Gasteiger partial charge in [-0.25, -0.2) is 10.4 Å². The summed E-state index contributed by atoms with van der Waals surface area (Å²) in [5.74, 6) is -0.417.